The summed E-state index contributed by atoms with van der Waals surface area (Å²) >= 11 is 0. The molecular formula is C24H28ClFN6O. The highest BCUT2D eigenvalue weighted by molar-refractivity contribution is 5.85. The van der Waals surface area contributed by atoms with Gasteiger partial charge in [0.1, 0.15) is 17.5 Å². The maximum absolute atomic E-state index is 13.3. The van der Waals surface area contributed by atoms with E-state index in [4.69, 9.17) is 15.7 Å². The molecule has 1 atom stereocenters. The summed E-state index contributed by atoms with van der Waals surface area (Å²) in [6.45, 7) is 3.54. The van der Waals surface area contributed by atoms with Crippen LogP contribution in [0, 0.1) is 11.7 Å². The molecule has 33 heavy (non-hydrogen) atoms. The van der Waals surface area contributed by atoms with Crippen molar-refractivity contribution in [3.8, 4) is 0 Å². The van der Waals surface area contributed by atoms with Gasteiger partial charge in [-0.15, -0.1) is 12.4 Å². The first-order valence-corrected chi connectivity index (χ1v) is 10.9. The SMILES string of the molecule is C[C@H](Cc1nc(Cc2cnccn2)cc(N2CCC(C(N)=O)CC2)n1)c1ccc(F)cc1.Cl. The lowest BCUT2D eigenvalue weighted by Crippen LogP contribution is -2.39. The largest absolute Gasteiger partial charge is 0.369 e. The molecule has 3 heterocycles. The Morgan fingerprint density at radius 3 is 2.52 bits per heavy atom. The van der Waals surface area contributed by atoms with Gasteiger partial charge in [-0.05, 0) is 36.5 Å². The van der Waals surface area contributed by atoms with Crippen molar-refractivity contribution in [3.63, 3.8) is 0 Å². The van der Waals surface area contributed by atoms with Crippen LogP contribution in [-0.4, -0.2) is 38.9 Å². The van der Waals surface area contributed by atoms with E-state index in [9.17, 15) is 9.18 Å². The van der Waals surface area contributed by atoms with Crippen LogP contribution < -0.4 is 10.6 Å². The van der Waals surface area contributed by atoms with Gasteiger partial charge < -0.3 is 10.6 Å². The molecule has 7 nitrogen and oxygen atoms in total. The van der Waals surface area contributed by atoms with E-state index in [0.717, 1.165) is 54.5 Å². The highest BCUT2D eigenvalue weighted by Gasteiger charge is 2.24. The van der Waals surface area contributed by atoms with E-state index in [-0.39, 0.29) is 36.0 Å². The number of piperidine rings is 1. The van der Waals surface area contributed by atoms with Gasteiger partial charge in [-0.2, -0.15) is 0 Å². The number of hydrogen-bond donors (Lipinski definition) is 1. The Balaban J connectivity index is 0.00000306. The first-order chi connectivity index (χ1) is 15.5. The predicted octanol–water partition coefficient (Wildman–Crippen LogP) is 3.47. The molecule has 0 bridgehead atoms. The van der Waals surface area contributed by atoms with Gasteiger partial charge in [0.05, 0.1) is 11.4 Å². The van der Waals surface area contributed by atoms with E-state index < -0.39 is 0 Å². The zero-order valence-electron chi connectivity index (χ0n) is 18.5. The zero-order chi connectivity index (χ0) is 22.5. The Morgan fingerprint density at radius 1 is 1.15 bits per heavy atom. The fraction of sp³-hybridized carbons (Fsp3) is 0.375. The summed E-state index contributed by atoms with van der Waals surface area (Å²) in [4.78, 5) is 31.9. The van der Waals surface area contributed by atoms with Gasteiger partial charge in [0.2, 0.25) is 5.91 Å². The second-order valence-corrected chi connectivity index (χ2v) is 8.33. The van der Waals surface area contributed by atoms with Crippen LogP contribution >= 0.6 is 12.4 Å². The van der Waals surface area contributed by atoms with Crippen molar-refractivity contribution in [2.45, 2.75) is 38.5 Å². The van der Waals surface area contributed by atoms with Gasteiger partial charge in [0.15, 0.2) is 0 Å². The van der Waals surface area contributed by atoms with E-state index in [1.165, 1.54) is 12.1 Å². The van der Waals surface area contributed by atoms with Crippen LogP contribution in [0.2, 0.25) is 0 Å². The van der Waals surface area contributed by atoms with Crippen molar-refractivity contribution in [3.05, 3.63) is 77.5 Å². The minimum Gasteiger partial charge on any atom is -0.369 e. The minimum atomic E-state index is -0.246. The number of anilines is 1. The van der Waals surface area contributed by atoms with Crippen molar-refractivity contribution in [1.82, 2.24) is 19.9 Å². The lowest BCUT2D eigenvalue weighted by molar-refractivity contribution is -0.122. The molecule has 174 valence electrons. The fourth-order valence-electron chi connectivity index (χ4n) is 4.06. The molecule has 4 rings (SSSR count). The van der Waals surface area contributed by atoms with E-state index in [1.54, 1.807) is 30.7 Å². The van der Waals surface area contributed by atoms with E-state index in [1.807, 2.05) is 6.07 Å². The third-order valence-corrected chi connectivity index (χ3v) is 5.94. The molecule has 1 aliphatic heterocycles. The number of carbonyl (C=O) groups excluding carboxylic acids is 1. The molecule has 1 aromatic carbocycles. The summed E-state index contributed by atoms with van der Waals surface area (Å²) in [5, 5.41) is 0. The van der Waals surface area contributed by atoms with Gasteiger partial charge in [-0.25, -0.2) is 14.4 Å². The lowest BCUT2D eigenvalue weighted by Gasteiger charge is -2.31. The molecule has 1 aliphatic rings. The van der Waals surface area contributed by atoms with E-state index >= 15 is 0 Å². The number of nitrogens with zero attached hydrogens (tertiary/aromatic N) is 5. The summed E-state index contributed by atoms with van der Waals surface area (Å²) in [7, 11) is 0. The van der Waals surface area contributed by atoms with Gasteiger partial charge >= 0.3 is 0 Å². The first kappa shape index (κ1) is 24.5. The molecule has 9 heteroatoms. The highest BCUT2D eigenvalue weighted by atomic mass is 35.5. The maximum Gasteiger partial charge on any atom is 0.220 e. The second-order valence-electron chi connectivity index (χ2n) is 8.33. The molecule has 1 fully saturated rings. The molecular weight excluding hydrogens is 443 g/mol. The van der Waals surface area contributed by atoms with Crippen LogP contribution in [-0.2, 0) is 17.6 Å². The van der Waals surface area contributed by atoms with Crippen LogP contribution in [0.5, 0.6) is 0 Å². The standard InChI is InChI=1S/C24H27FN6O.ClH/c1-16(17-2-4-19(25)5-3-17)12-22-29-20(13-21-15-27-8-9-28-21)14-23(30-22)31-10-6-18(7-11-31)24(26)32;/h2-5,8-9,14-16,18H,6-7,10-13H2,1H3,(H2,26,32);1H/t16-;/m1./s1. The molecule has 2 N–H and O–H groups in total. The molecule has 1 saturated heterocycles. The van der Waals surface area contributed by atoms with E-state index in [0.29, 0.717) is 12.8 Å². The second kappa shape index (κ2) is 11.1. The third-order valence-electron chi connectivity index (χ3n) is 5.94. The molecule has 0 unspecified atom stereocenters. The number of amides is 1. The Bertz CT molecular complexity index is 1060. The molecule has 0 aliphatic carbocycles. The summed E-state index contributed by atoms with van der Waals surface area (Å²) in [5.74, 6) is 1.16. The van der Waals surface area contributed by atoms with Crippen LogP contribution in [0.3, 0.4) is 0 Å². The number of primary amides is 1. The molecule has 0 radical (unpaired) electrons. The normalized spacial score (nSPS) is 15.0. The van der Waals surface area contributed by atoms with Crippen molar-refractivity contribution in [2.75, 3.05) is 18.0 Å². The number of aromatic nitrogens is 4. The predicted molar refractivity (Wildman–Crippen MR) is 127 cm³/mol. The highest BCUT2D eigenvalue weighted by Crippen LogP contribution is 2.25. The first-order valence-electron chi connectivity index (χ1n) is 10.9. The zero-order valence-corrected chi connectivity index (χ0v) is 19.3. The van der Waals surface area contributed by atoms with Gasteiger partial charge in [-0.1, -0.05) is 19.1 Å². The summed E-state index contributed by atoms with van der Waals surface area (Å²) in [5.41, 5.74) is 8.23. The molecule has 2 aromatic heterocycles. The smallest absolute Gasteiger partial charge is 0.220 e. The maximum atomic E-state index is 13.3. The van der Waals surface area contributed by atoms with Crippen molar-refractivity contribution >= 4 is 24.1 Å². The number of hydrogen-bond acceptors (Lipinski definition) is 6. The van der Waals surface area contributed by atoms with Gasteiger partial charge in [0, 0.05) is 56.5 Å². The lowest BCUT2D eigenvalue weighted by atomic mass is 9.96. The molecule has 0 saturated carbocycles. The van der Waals surface area contributed by atoms with Gasteiger partial charge in [0.25, 0.3) is 0 Å². The van der Waals surface area contributed by atoms with Gasteiger partial charge in [-0.3, -0.25) is 14.8 Å². The number of rotatable bonds is 7. The Labute approximate surface area is 199 Å². The van der Waals surface area contributed by atoms with Crippen molar-refractivity contribution in [2.24, 2.45) is 11.7 Å². The third kappa shape index (κ3) is 6.44. The topological polar surface area (TPSA) is 97.9 Å². The molecule has 1 amide bonds. The monoisotopic (exact) mass is 470 g/mol. The molecule has 0 spiro atoms. The van der Waals surface area contributed by atoms with Crippen LogP contribution in [0.25, 0.3) is 0 Å². The summed E-state index contributed by atoms with van der Waals surface area (Å²) in [6.07, 6.45) is 7.68. The number of nitrogens with two attached hydrogens (primary N) is 1. The van der Waals surface area contributed by atoms with Crippen molar-refractivity contribution in [1.29, 1.82) is 0 Å². The average molecular weight is 471 g/mol. The Hall–Kier alpha value is -3.13. The Kier molecular flexibility index (Phi) is 8.27. The summed E-state index contributed by atoms with van der Waals surface area (Å²) < 4.78 is 13.3. The number of carbonyl (C=O) groups is 1. The Morgan fingerprint density at radius 2 is 1.88 bits per heavy atom. The van der Waals surface area contributed by atoms with E-state index in [2.05, 4.69) is 21.8 Å². The minimum absolute atomic E-state index is 0. The quantitative estimate of drug-likeness (QED) is 0.567. The van der Waals surface area contributed by atoms with Crippen LogP contribution in [0.15, 0.2) is 48.9 Å². The fourth-order valence-corrected chi connectivity index (χ4v) is 4.06. The van der Waals surface area contributed by atoms with Crippen LogP contribution in [0.4, 0.5) is 10.2 Å². The van der Waals surface area contributed by atoms with Crippen LogP contribution in [0.1, 0.15) is 48.5 Å². The number of benzene rings is 1. The van der Waals surface area contributed by atoms with Crippen molar-refractivity contribution < 1.29 is 9.18 Å². The summed E-state index contributed by atoms with van der Waals surface area (Å²) in [6, 6.07) is 8.56. The molecule has 3 aromatic rings. The number of halogens is 2. The average Bonchev–Trinajstić information content (AvgIpc) is 2.80.